The van der Waals surface area contributed by atoms with Gasteiger partial charge in [0.15, 0.2) is 0 Å². The molecule has 4 aromatic rings. The zero-order valence-electron chi connectivity index (χ0n) is 15.9. The highest BCUT2D eigenvalue weighted by Gasteiger charge is 2.12. The van der Waals surface area contributed by atoms with Crippen molar-refractivity contribution in [2.24, 2.45) is 0 Å². The standard InChI is InChI=1S/C23H19N5O/c1-16-4-5-17(23(29)28-19-6-10-24-11-7-19)13-18(16)14-22-20(3-2-9-26-22)21-8-12-25-15-27-21/h2-13,15H,14H2,1H3,(H,24,28,29). The summed E-state index contributed by atoms with van der Waals surface area (Å²) in [6.45, 7) is 2.03. The summed E-state index contributed by atoms with van der Waals surface area (Å²) in [5, 5.41) is 2.89. The Morgan fingerprint density at radius 3 is 2.55 bits per heavy atom. The van der Waals surface area contributed by atoms with Crippen LogP contribution in [0.25, 0.3) is 11.3 Å². The molecule has 0 aliphatic heterocycles. The summed E-state index contributed by atoms with van der Waals surface area (Å²) in [5.74, 6) is -0.158. The topological polar surface area (TPSA) is 80.7 Å². The highest BCUT2D eigenvalue weighted by Crippen LogP contribution is 2.24. The van der Waals surface area contributed by atoms with Gasteiger partial charge in [-0.15, -0.1) is 0 Å². The van der Waals surface area contributed by atoms with Crippen LogP contribution in [0.4, 0.5) is 5.69 Å². The average molecular weight is 381 g/mol. The van der Waals surface area contributed by atoms with Gasteiger partial charge < -0.3 is 5.32 Å². The lowest BCUT2D eigenvalue weighted by molar-refractivity contribution is 0.102. The Labute approximate surface area is 168 Å². The molecule has 4 rings (SSSR count). The molecule has 0 spiro atoms. The van der Waals surface area contributed by atoms with Crippen LogP contribution in [0.1, 0.15) is 27.2 Å². The normalized spacial score (nSPS) is 10.5. The minimum Gasteiger partial charge on any atom is -0.322 e. The van der Waals surface area contributed by atoms with Crippen molar-refractivity contribution < 1.29 is 4.79 Å². The molecule has 3 heterocycles. The maximum absolute atomic E-state index is 12.7. The number of anilines is 1. The molecule has 3 aromatic heterocycles. The van der Waals surface area contributed by atoms with Crippen molar-refractivity contribution in [1.29, 1.82) is 0 Å². The molecule has 0 aliphatic rings. The smallest absolute Gasteiger partial charge is 0.255 e. The largest absolute Gasteiger partial charge is 0.322 e. The molecule has 0 bridgehead atoms. The van der Waals surface area contributed by atoms with Gasteiger partial charge in [0.25, 0.3) is 5.91 Å². The lowest BCUT2D eigenvalue weighted by Crippen LogP contribution is -2.12. The maximum Gasteiger partial charge on any atom is 0.255 e. The van der Waals surface area contributed by atoms with E-state index in [2.05, 4.69) is 25.3 Å². The molecule has 1 aromatic carbocycles. The highest BCUT2D eigenvalue weighted by molar-refractivity contribution is 6.04. The quantitative estimate of drug-likeness (QED) is 0.563. The summed E-state index contributed by atoms with van der Waals surface area (Å²) in [4.78, 5) is 29.5. The van der Waals surface area contributed by atoms with E-state index in [1.165, 1.54) is 6.33 Å². The number of aryl methyl sites for hydroxylation is 1. The second kappa shape index (κ2) is 8.39. The van der Waals surface area contributed by atoms with E-state index in [-0.39, 0.29) is 5.91 Å². The van der Waals surface area contributed by atoms with Crippen LogP contribution in [-0.4, -0.2) is 25.8 Å². The molecule has 0 unspecified atom stereocenters. The van der Waals surface area contributed by atoms with E-state index >= 15 is 0 Å². The van der Waals surface area contributed by atoms with Gasteiger partial charge in [-0.05, 0) is 60.5 Å². The molecule has 1 amide bonds. The van der Waals surface area contributed by atoms with Crippen LogP contribution in [0, 0.1) is 6.92 Å². The Bertz CT molecular complexity index is 1130. The number of hydrogen-bond donors (Lipinski definition) is 1. The van der Waals surface area contributed by atoms with E-state index in [4.69, 9.17) is 0 Å². The van der Waals surface area contributed by atoms with Gasteiger partial charge >= 0.3 is 0 Å². The molecule has 29 heavy (non-hydrogen) atoms. The molecular formula is C23H19N5O. The van der Waals surface area contributed by atoms with Gasteiger partial charge in [-0.2, -0.15) is 0 Å². The second-order valence-electron chi connectivity index (χ2n) is 6.60. The molecule has 0 radical (unpaired) electrons. The highest BCUT2D eigenvalue weighted by atomic mass is 16.1. The van der Waals surface area contributed by atoms with Gasteiger partial charge in [0.2, 0.25) is 0 Å². The van der Waals surface area contributed by atoms with E-state index in [9.17, 15) is 4.79 Å². The molecule has 142 valence electrons. The molecule has 6 heteroatoms. The lowest BCUT2D eigenvalue weighted by atomic mass is 9.97. The van der Waals surface area contributed by atoms with E-state index in [0.717, 1.165) is 28.1 Å². The van der Waals surface area contributed by atoms with Crippen molar-refractivity contribution in [2.75, 3.05) is 5.32 Å². The summed E-state index contributed by atoms with van der Waals surface area (Å²) >= 11 is 0. The summed E-state index contributed by atoms with van der Waals surface area (Å²) < 4.78 is 0. The van der Waals surface area contributed by atoms with E-state index in [1.54, 1.807) is 36.9 Å². The number of amides is 1. The fourth-order valence-electron chi connectivity index (χ4n) is 3.08. The number of benzene rings is 1. The summed E-state index contributed by atoms with van der Waals surface area (Å²) in [5.41, 5.74) is 6.14. The molecule has 0 saturated heterocycles. The Morgan fingerprint density at radius 2 is 1.76 bits per heavy atom. The van der Waals surface area contributed by atoms with Crippen molar-refractivity contribution in [2.45, 2.75) is 13.3 Å². The number of nitrogens with zero attached hydrogens (tertiary/aromatic N) is 4. The molecule has 0 aliphatic carbocycles. The average Bonchev–Trinajstić information content (AvgIpc) is 2.77. The third-order valence-electron chi connectivity index (χ3n) is 4.66. The minimum absolute atomic E-state index is 0.158. The predicted octanol–water partition coefficient (Wildman–Crippen LogP) is 4.09. The molecule has 0 fully saturated rings. The van der Waals surface area contributed by atoms with Crippen molar-refractivity contribution in [3.05, 3.63) is 102 Å². The fourth-order valence-corrected chi connectivity index (χ4v) is 3.08. The number of carbonyl (C=O) groups is 1. The monoisotopic (exact) mass is 381 g/mol. The number of rotatable bonds is 5. The molecule has 0 atom stereocenters. The summed E-state index contributed by atoms with van der Waals surface area (Å²) in [6, 6.07) is 15.0. The lowest BCUT2D eigenvalue weighted by Gasteiger charge is -2.12. The van der Waals surface area contributed by atoms with Crippen LogP contribution in [0.5, 0.6) is 0 Å². The number of hydrogen-bond acceptors (Lipinski definition) is 5. The first-order chi connectivity index (χ1) is 14.2. The second-order valence-corrected chi connectivity index (χ2v) is 6.60. The first-order valence-corrected chi connectivity index (χ1v) is 9.22. The van der Waals surface area contributed by atoms with Gasteiger partial charge in [-0.1, -0.05) is 6.07 Å². The summed E-state index contributed by atoms with van der Waals surface area (Å²) in [7, 11) is 0. The molecular weight excluding hydrogens is 362 g/mol. The van der Waals surface area contributed by atoms with Crippen LogP contribution in [-0.2, 0) is 6.42 Å². The Kier molecular flexibility index (Phi) is 5.33. The Hall–Kier alpha value is -3.93. The zero-order chi connectivity index (χ0) is 20.1. The van der Waals surface area contributed by atoms with Crippen LogP contribution in [0.2, 0.25) is 0 Å². The van der Waals surface area contributed by atoms with Gasteiger partial charge in [0.1, 0.15) is 6.33 Å². The number of carbonyl (C=O) groups excluding carboxylic acids is 1. The van der Waals surface area contributed by atoms with Gasteiger partial charge in [0, 0.05) is 48.0 Å². The number of aromatic nitrogens is 4. The van der Waals surface area contributed by atoms with Crippen molar-refractivity contribution >= 4 is 11.6 Å². The van der Waals surface area contributed by atoms with Gasteiger partial charge in [-0.3, -0.25) is 14.8 Å². The molecule has 1 N–H and O–H groups in total. The van der Waals surface area contributed by atoms with Crippen LogP contribution < -0.4 is 5.32 Å². The zero-order valence-corrected chi connectivity index (χ0v) is 15.9. The number of pyridine rings is 2. The van der Waals surface area contributed by atoms with Crippen LogP contribution >= 0.6 is 0 Å². The maximum atomic E-state index is 12.7. The van der Waals surface area contributed by atoms with E-state index in [0.29, 0.717) is 17.7 Å². The predicted molar refractivity (Wildman–Crippen MR) is 111 cm³/mol. The third kappa shape index (κ3) is 4.32. The van der Waals surface area contributed by atoms with Crippen molar-refractivity contribution in [3.8, 4) is 11.3 Å². The molecule has 0 saturated carbocycles. The van der Waals surface area contributed by atoms with Crippen LogP contribution in [0.3, 0.4) is 0 Å². The van der Waals surface area contributed by atoms with Crippen molar-refractivity contribution in [1.82, 2.24) is 19.9 Å². The fraction of sp³-hybridized carbons (Fsp3) is 0.0870. The Balaban J connectivity index is 1.62. The van der Waals surface area contributed by atoms with E-state index in [1.807, 2.05) is 43.3 Å². The minimum atomic E-state index is -0.158. The van der Waals surface area contributed by atoms with Gasteiger partial charge in [-0.25, -0.2) is 9.97 Å². The summed E-state index contributed by atoms with van der Waals surface area (Å²) in [6.07, 6.45) is 8.91. The first kappa shape index (κ1) is 18.4. The Morgan fingerprint density at radius 1 is 0.931 bits per heavy atom. The number of nitrogens with one attached hydrogen (secondary N) is 1. The van der Waals surface area contributed by atoms with E-state index < -0.39 is 0 Å². The van der Waals surface area contributed by atoms with Crippen molar-refractivity contribution in [3.63, 3.8) is 0 Å². The van der Waals surface area contributed by atoms with Gasteiger partial charge in [0.05, 0.1) is 11.4 Å². The SMILES string of the molecule is Cc1ccc(C(=O)Nc2ccncc2)cc1Cc1ncccc1-c1ccncn1. The third-order valence-corrected chi connectivity index (χ3v) is 4.66. The molecule has 6 nitrogen and oxygen atoms in total. The van der Waals surface area contributed by atoms with Crippen LogP contribution in [0.15, 0.2) is 79.6 Å². The first-order valence-electron chi connectivity index (χ1n) is 9.22.